The average Bonchev–Trinajstić information content (AvgIpc) is 2.03. The maximum absolute atomic E-state index is 10.0. The maximum Gasteiger partial charge on any atom is 0.0984 e. The van der Waals surface area contributed by atoms with Crippen LogP contribution in [0.1, 0.15) is 46.5 Å². The van der Waals surface area contributed by atoms with Crippen molar-refractivity contribution < 1.29 is 9.84 Å². The molecule has 0 heterocycles. The SMILES string of the molecule is COC1(C(C)(C)C)CCCCC1O. The number of hydrogen-bond acceptors (Lipinski definition) is 2. The molecule has 0 bridgehead atoms. The van der Waals surface area contributed by atoms with E-state index in [1.54, 1.807) is 7.11 Å². The zero-order chi connectivity index (χ0) is 10.1. The summed E-state index contributed by atoms with van der Waals surface area (Å²) >= 11 is 0. The predicted molar refractivity (Wildman–Crippen MR) is 53.7 cm³/mol. The number of methoxy groups -OCH3 is 1. The molecule has 0 aromatic rings. The summed E-state index contributed by atoms with van der Waals surface area (Å²) in [5.74, 6) is 0. The van der Waals surface area contributed by atoms with E-state index in [1.165, 1.54) is 6.42 Å². The lowest BCUT2D eigenvalue weighted by Gasteiger charge is -2.49. The van der Waals surface area contributed by atoms with Gasteiger partial charge in [-0.05, 0) is 18.3 Å². The van der Waals surface area contributed by atoms with Gasteiger partial charge in [-0.1, -0.05) is 33.6 Å². The monoisotopic (exact) mass is 186 g/mol. The third-order valence-corrected chi connectivity index (χ3v) is 3.45. The molecule has 2 atom stereocenters. The highest BCUT2D eigenvalue weighted by Crippen LogP contribution is 2.44. The molecule has 2 heteroatoms. The zero-order valence-electron chi connectivity index (χ0n) is 9.26. The normalized spacial score (nSPS) is 36.2. The molecule has 0 aromatic heterocycles. The molecule has 1 saturated carbocycles. The second-order valence-corrected chi connectivity index (χ2v) is 5.11. The second kappa shape index (κ2) is 3.58. The van der Waals surface area contributed by atoms with Crippen LogP contribution in [0, 0.1) is 5.41 Å². The van der Waals surface area contributed by atoms with Gasteiger partial charge in [0, 0.05) is 7.11 Å². The summed E-state index contributed by atoms with van der Waals surface area (Å²) in [5, 5.41) is 10.0. The third kappa shape index (κ3) is 1.75. The van der Waals surface area contributed by atoms with Crippen LogP contribution in [0.25, 0.3) is 0 Å². The molecule has 2 nitrogen and oxygen atoms in total. The minimum Gasteiger partial charge on any atom is -0.390 e. The van der Waals surface area contributed by atoms with Crippen molar-refractivity contribution in [1.82, 2.24) is 0 Å². The van der Waals surface area contributed by atoms with E-state index in [1.807, 2.05) is 0 Å². The quantitative estimate of drug-likeness (QED) is 0.681. The predicted octanol–water partition coefficient (Wildman–Crippen LogP) is 2.35. The summed E-state index contributed by atoms with van der Waals surface area (Å²) in [4.78, 5) is 0. The van der Waals surface area contributed by atoms with E-state index in [-0.39, 0.29) is 17.1 Å². The standard InChI is InChI=1S/C11H22O2/c1-10(2,3)11(13-4)8-6-5-7-9(11)12/h9,12H,5-8H2,1-4H3. The number of aliphatic hydroxyl groups is 1. The van der Waals surface area contributed by atoms with Crippen LogP contribution >= 0.6 is 0 Å². The van der Waals surface area contributed by atoms with Crippen LogP contribution in [0.5, 0.6) is 0 Å². The molecule has 0 spiro atoms. The Hall–Kier alpha value is -0.0800. The first kappa shape index (κ1) is 11.0. The van der Waals surface area contributed by atoms with Crippen LogP contribution in [-0.2, 0) is 4.74 Å². The fourth-order valence-corrected chi connectivity index (χ4v) is 2.54. The van der Waals surface area contributed by atoms with Gasteiger partial charge in [0.25, 0.3) is 0 Å². The molecule has 2 unspecified atom stereocenters. The van der Waals surface area contributed by atoms with Crippen molar-refractivity contribution in [2.75, 3.05) is 7.11 Å². The second-order valence-electron chi connectivity index (χ2n) is 5.11. The highest BCUT2D eigenvalue weighted by Gasteiger charge is 2.48. The Morgan fingerprint density at radius 3 is 2.23 bits per heavy atom. The first-order valence-corrected chi connectivity index (χ1v) is 5.17. The number of ether oxygens (including phenoxy) is 1. The Kier molecular flexibility index (Phi) is 3.03. The Morgan fingerprint density at radius 1 is 1.31 bits per heavy atom. The van der Waals surface area contributed by atoms with Crippen LogP contribution in [0.4, 0.5) is 0 Å². The van der Waals surface area contributed by atoms with Gasteiger partial charge in [0.15, 0.2) is 0 Å². The highest BCUT2D eigenvalue weighted by molar-refractivity contribution is 5.00. The zero-order valence-corrected chi connectivity index (χ0v) is 9.26. The summed E-state index contributed by atoms with van der Waals surface area (Å²) in [5.41, 5.74) is -0.313. The molecule has 0 amide bonds. The van der Waals surface area contributed by atoms with E-state index in [0.29, 0.717) is 0 Å². The van der Waals surface area contributed by atoms with Gasteiger partial charge in [0.2, 0.25) is 0 Å². The largest absolute Gasteiger partial charge is 0.390 e. The van der Waals surface area contributed by atoms with Gasteiger partial charge in [-0.25, -0.2) is 0 Å². The van der Waals surface area contributed by atoms with Crippen LogP contribution in [-0.4, -0.2) is 23.9 Å². The van der Waals surface area contributed by atoms with Gasteiger partial charge in [0.05, 0.1) is 11.7 Å². The van der Waals surface area contributed by atoms with Gasteiger partial charge in [-0.2, -0.15) is 0 Å². The van der Waals surface area contributed by atoms with Gasteiger partial charge < -0.3 is 9.84 Å². The minimum absolute atomic E-state index is 0.0155. The lowest BCUT2D eigenvalue weighted by atomic mass is 9.66. The van der Waals surface area contributed by atoms with Crippen molar-refractivity contribution >= 4 is 0 Å². The molecule has 13 heavy (non-hydrogen) atoms. The summed E-state index contributed by atoms with van der Waals surface area (Å²) in [7, 11) is 1.72. The Labute approximate surface area is 81.3 Å². The number of hydrogen-bond donors (Lipinski definition) is 1. The van der Waals surface area contributed by atoms with Gasteiger partial charge in [0.1, 0.15) is 0 Å². The van der Waals surface area contributed by atoms with E-state index in [9.17, 15) is 5.11 Å². The molecule has 0 saturated heterocycles. The van der Waals surface area contributed by atoms with Crippen molar-refractivity contribution in [3.63, 3.8) is 0 Å². The van der Waals surface area contributed by atoms with Crippen LogP contribution < -0.4 is 0 Å². The molecule has 1 aliphatic carbocycles. The average molecular weight is 186 g/mol. The van der Waals surface area contributed by atoms with Crippen LogP contribution in [0.15, 0.2) is 0 Å². The van der Waals surface area contributed by atoms with E-state index >= 15 is 0 Å². The first-order valence-electron chi connectivity index (χ1n) is 5.17. The highest BCUT2D eigenvalue weighted by atomic mass is 16.5. The molecule has 0 aromatic carbocycles. The maximum atomic E-state index is 10.0. The Morgan fingerprint density at radius 2 is 1.92 bits per heavy atom. The lowest BCUT2D eigenvalue weighted by Crippen LogP contribution is -2.55. The lowest BCUT2D eigenvalue weighted by molar-refractivity contribution is -0.182. The Bertz CT molecular complexity index is 171. The van der Waals surface area contributed by atoms with Gasteiger partial charge >= 0.3 is 0 Å². The van der Waals surface area contributed by atoms with Crippen molar-refractivity contribution in [2.24, 2.45) is 5.41 Å². The molecule has 0 radical (unpaired) electrons. The molecular weight excluding hydrogens is 164 g/mol. The number of aliphatic hydroxyl groups excluding tert-OH is 1. The molecule has 1 aliphatic rings. The van der Waals surface area contributed by atoms with E-state index < -0.39 is 0 Å². The smallest absolute Gasteiger partial charge is 0.0984 e. The molecule has 1 N–H and O–H groups in total. The molecule has 1 rings (SSSR count). The number of rotatable bonds is 1. The third-order valence-electron chi connectivity index (χ3n) is 3.45. The van der Waals surface area contributed by atoms with E-state index in [4.69, 9.17) is 4.74 Å². The molecule has 0 aliphatic heterocycles. The van der Waals surface area contributed by atoms with Gasteiger partial charge in [-0.15, -0.1) is 0 Å². The Balaban J connectivity index is 2.89. The summed E-state index contributed by atoms with van der Waals surface area (Å²) < 4.78 is 5.61. The molecular formula is C11H22O2. The van der Waals surface area contributed by atoms with Gasteiger partial charge in [-0.3, -0.25) is 0 Å². The van der Waals surface area contributed by atoms with E-state index in [2.05, 4.69) is 20.8 Å². The fourth-order valence-electron chi connectivity index (χ4n) is 2.54. The topological polar surface area (TPSA) is 29.5 Å². The first-order chi connectivity index (χ1) is 5.94. The summed E-state index contributed by atoms with van der Waals surface area (Å²) in [6, 6.07) is 0. The van der Waals surface area contributed by atoms with Crippen molar-refractivity contribution in [1.29, 1.82) is 0 Å². The van der Waals surface area contributed by atoms with Crippen LogP contribution in [0.2, 0.25) is 0 Å². The van der Waals surface area contributed by atoms with Crippen LogP contribution in [0.3, 0.4) is 0 Å². The summed E-state index contributed by atoms with van der Waals surface area (Å²) in [6.07, 6.45) is 3.86. The van der Waals surface area contributed by atoms with Crippen molar-refractivity contribution in [3.8, 4) is 0 Å². The summed E-state index contributed by atoms with van der Waals surface area (Å²) in [6.45, 7) is 6.43. The molecule has 78 valence electrons. The van der Waals surface area contributed by atoms with E-state index in [0.717, 1.165) is 19.3 Å². The fraction of sp³-hybridized carbons (Fsp3) is 1.00. The van der Waals surface area contributed by atoms with Crippen molar-refractivity contribution in [2.45, 2.75) is 58.2 Å². The molecule has 1 fully saturated rings. The van der Waals surface area contributed by atoms with Crippen molar-refractivity contribution in [3.05, 3.63) is 0 Å². The minimum atomic E-state index is -0.328.